The number of benzene rings is 1. The van der Waals surface area contributed by atoms with E-state index in [2.05, 4.69) is 39.5 Å². The van der Waals surface area contributed by atoms with E-state index in [1.54, 1.807) is 0 Å². The maximum Gasteiger partial charge on any atom is 0.240 e. The molecule has 0 spiro atoms. The van der Waals surface area contributed by atoms with Gasteiger partial charge in [-0.25, -0.2) is 0 Å². The number of anilines is 1. The summed E-state index contributed by atoms with van der Waals surface area (Å²) in [5, 5.41) is 12.5. The first kappa shape index (κ1) is 15.1. The van der Waals surface area contributed by atoms with Gasteiger partial charge in [0, 0.05) is 19.0 Å². The van der Waals surface area contributed by atoms with E-state index in [1.807, 2.05) is 18.2 Å². The fourth-order valence-corrected chi connectivity index (χ4v) is 3.50. The zero-order valence-corrected chi connectivity index (χ0v) is 13.5. The second-order valence-electron chi connectivity index (χ2n) is 5.48. The van der Waals surface area contributed by atoms with E-state index in [-0.39, 0.29) is 5.91 Å². The van der Waals surface area contributed by atoms with Crippen molar-refractivity contribution in [2.45, 2.75) is 32.2 Å². The molecule has 1 N–H and O–H groups in total. The minimum Gasteiger partial charge on any atom is -0.299 e. The summed E-state index contributed by atoms with van der Waals surface area (Å²) in [6.07, 6.45) is 3.06. The molecule has 1 unspecified atom stereocenters. The van der Waals surface area contributed by atoms with Crippen LogP contribution in [0.3, 0.4) is 0 Å². The Labute approximate surface area is 134 Å². The zero-order valence-electron chi connectivity index (χ0n) is 12.7. The third-order valence-corrected chi connectivity index (χ3v) is 4.74. The largest absolute Gasteiger partial charge is 0.299 e. The van der Waals surface area contributed by atoms with Crippen LogP contribution in [0.4, 0.5) is 5.13 Å². The predicted molar refractivity (Wildman–Crippen MR) is 87.9 cm³/mol. The lowest BCUT2D eigenvalue weighted by molar-refractivity contribution is -0.119. The van der Waals surface area contributed by atoms with Gasteiger partial charge in [0.25, 0.3) is 0 Å². The monoisotopic (exact) mass is 316 g/mol. The van der Waals surface area contributed by atoms with Gasteiger partial charge in [0.05, 0.1) is 6.54 Å². The van der Waals surface area contributed by atoms with Crippen LogP contribution < -0.4 is 5.32 Å². The maximum atomic E-state index is 12.1. The summed E-state index contributed by atoms with van der Waals surface area (Å²) >= 11 is 1.46. The summed E-state index contributed by atoms with van der Waals surface area (Å²) in [6.45, 7) is 3.47. The molecule has 1 aliphatic heterocycles. The first-order chi connectivity index (χ1) is 10.8. The molecule has 0 aliphatic carbocycles. The van der Waals surface area contributed by atoms with Crippen LogP contribution in [0.25, 0.3) is 0 Å². The van der Waals surface area contributed by atoms with Crippen molar-refractivity contribution in [1.29, 1.82) is 0 Å². The van der Waals surface area contributed by atoms with Crippen LogP contribution in [0, 0.1) is 0 Å². The van der Waals surface area contributed by atoms with Crippen LogP contribution in [0.2, 0.25) is 0 Å². The van der Waals surface area contributed by atoms with Gasteiger partial charge in [-0.15, -0.1) is 10.2 Å². The first-order valence-electron chi connectivity index (χ1n) is 7.67. The molecule has 1 aromatic heterocycles. The number of nitrogens with one attached hydrogen (secondary N) is 1. The fraction of sp³-hybridized carbons (Fsp3) is 0.438. The third-order valence-electron chi connectivity index (χ3n) is 3.84. The van der Waals surface area contributed by atoms with Crippen LogP contribution in [0.1, 0.15) is 36.4 Å². The Balaban J connectivity index is 1.53. The molecule has 1 saturated heterocycles. The van der Waals surface area contributed by atoms with Gasteiger partial charge in [-0.05, 0) is 18.4 Å². The van der Waals surface area contributed by atoms with E-state index >= 15 is 0 Å². The van der Waals surface area contributed by atoms with Crippen molar-refractivity contribution in [3.63, 3.8) is 0 Å². The molecule has 3 rings (SSSR count). The number of hydrogen-bond donors (Lipinski definition) is 1. The average molecular weight is 316 g/mol. The minimum absolute atomic E-state index is 0.0140. The summed E-state index contributed by atoms with van der Waals surface area (Å²) in [6, 6.07) is 10.7. The number of likely N-dealkylation sites (tertiary alicyclic amines) is 1. The molecule has 1 aromatic carbocycles. The molecule has 2 aromatic rings. The normalized spacial score (nSPS) is 18.0. The van der Waals surface area contributed by atoms with Gasteiger partial charge in [0.1, 0.15) is 5.01 Å². The average Bonchev–Trinajstić information content (AvgIpc) is 2.92. The zero-order chi connectivity index (χ0) is 15.4. The molecule has 0 radical (unpaired) electrons. The molecule has 2 heterocycles. The summed E-state index contributed by atoms with van der Waals surface area (Å²) in [5.74, 6) is -0.0140. The highest BCUT2D eigenvalue weighted by molar-refractivity contribution is 7.15. The number of hydrogen-bond acceptors (Lipinski definition) is 5. The Kier molecular flexibility index (Phi) is 4.80. The molecule has 5 nitrogen and oxygen atoms in total. The van der Waals surface area contributed by atoms with Gasteiger partial charge in [-0.2, -0.15) is 0 Å². The van der Waals surface area contributed by atoms with E-state index in [0.29, 0.717) is 17.7 Å². The van der Waals surface area contributed by atoms with Crippen molar-refractivity contribution in [3.05, 3.63) is 40.9 Å². The van der Waals surface area contributed by atoms with Gasteiger partial charge in [-0.1, -0.05) is 48.6 Å². The highest BCUT2D eigenvalue weighted by atomic mass is 32.1. The number of amides is 1. The third kappa shape index (κ3) is 3.51. The number of carbonyl (C=O) groups is 1. The van der Waals surface area contributed by atoms with E-state index in [1.165, 1.54) is 16.9 Å². The minimum atomic E-state index is -0.0140. The lowest BCUT2D eigenvalue weighted by Crippen LogP contribution is -2.45. The van der Waals surface area contributed by atoms with Crippen molar-refractivity contribution in [1.82, 2.24) is 15.1 Å². The predicted octanol–water partition coefficient (Wildman–Crippen LogP) is 2.88. The van der Waals surface area contributed by atoms with Crippen molar-refractivity contribution in [2.24, 2.45) is 0 Å². The van der Waals surface area contributed by atoms with Crippen molar-refractivity contribution < 1.29 is 4.79 Å². The van der Waals surface area contributed by atoms with Crippen LogP contribution in [-0.2, 0) is 11.2 Å². The van der Waals surface area contributed by atoms with Crippen LogP contribution in [-0.4, -0.2) is 34.1 Å². The summed E-state index contributed by atoms with van der Waals surface area (Å²) in [5.41, 5.74) is 1.28. The summed E-state index contributed by atoms with van der Waals surface area (Å²) < 4.78 is 0. The van der Waals surface area contributed by atoms with E-state index in [0.717, 1.165) is 30.8 Å². The summed E-state index contributed by atoms with van der Waals surface area (Å²) in [4.78, 5) is 14.3. The molecule has 116 valence electrons. The molecule has 0 bridgehead atoms. The highest BCUT2D eigenvalue weighted by Gasteiger charge is 2.30. The standard InChI is InChI=1S/C16H20N4OS/c1-2-6-15-18-19-16(22-15)17-14(21)11-20-10-9-13(20)12-7-4-3-5-8-12/h3-5,7-8,13H,2,6,9-11H2,1H3,(H,17,19,21). The fourth-order valence-electron chi connectivity index (χ4n) is 2.64. The van der Waals surface area contributed by atoms with Gasteiger partial charge >= 0.3 is 0 Å². The van der Waals surface area contributed by atoms with Gasteiger partial charge < -0.3 is 0 Å². The van der Waals surface area contributed by atoms with E-state index in [4.69, 9.17) is 0 Å². The Morgan fingerprint density at radius 1 is 1.36 bits per heavy atom. The number of rotatable bonds is 6. The van der Waals surface area contributed by atoms with Crippen molar-refractivity contribution in [2.75, 3.05) is 18.4 Å². The Hall–Kier alpha value is -1.79. The number of nitrogens with zero attached hydrogens (tertiary/aromatic N) is 3. The SMILES string of the molecule is CCCc1nnc(NC(=O)CN2CCC2c2ccccc2)s1. The highest BCUT2D eigenvalue weighted by Crippen LogP contribution is 2.32. The quantitative estimate of drug-likeness (QED) is 0.890. The van der Waals surface area contributed by atoms with Crippen molar-refractivity contribution in [3.8, 4) is 0 Å². The van der Waals surface area contributed by atoms with Gasteiger partial charge in [0.15, 0.2) is 0 Å². The molecule has 1 fully saturated rings. The smallest absolute Gasteiger partial charge is 0.240 e. The molecular weight excluding hydrogens is 296 g/mol. The van der Waals surface area contributed by atoms with E-state index in [9.17, 15) is 4.79 Å². The van der Waals surface area contributed by atoms with Gasteiger partial charge in [-0.3, -0.25) is 15.0 Å². The van der Waals surface area contributed by atoms with Crippen LogP contribution in [0.15, 0.2) is 30.3 Å². The topological polar surface area (TPSA) is 58.1 Å². The lowest BCUT2D eigenvalue weighted by atomic mass is 9.95. The summed E-state index contributed by atoms with van der Waals surface area (Å²) in [7, 11) is 0. The molecule has 1 amide bonds. The Morgan fingerprint density at radius 3 is 2.86 bits per heavy atom. The molecule has 0 saturated carbocycles. The molecule has 22 heavy (non-hydrogen) atoms. The maximum absolute atomic E-state index is 12.1. The van der Waals surface area contributed by atoms with Crippen LogP contribution in [0.5, 0.6) is 0 Å². The second-order valence-corrected chi connectivity index (χ2v) is 6.55. The van der Waals surface area contributed by atoms with Crippen molar-refractivity contribution >= 4 is 22.4 Å². The van der Waals surface area contributed by atoms with Crippen LogP contribution >= 0.6 is 11.3 Å². The number of aromatic nitrogens is 2. The Bertz CT molecular complexity index is 628. The first-order valence-corrected chi connectivity index (χ1v) is 8.49. The van der Waals surface area contributed by atoms with E-state index < -0.39 is 0 Å². The molecule has 6 heteroatoms. The lowest BCUT2D eigenvalue weighted by Gasteiger charge is -2.40. The Morgan fingerprint density at radius 2 is 2.18 bits per heavy atom. The number of aryl methyl sites for hydroxylation is 1. The molecular formula is C16H20N4OS. The molecule has 1 atom stereocenters. The number of carbonyl (C=O) groups excluding carboxylic acids is 1. The second kappa shape index (κ2) is 6.98. The van der Waals surface area contributed by atoms with Gasteiger partial charge in [0.2, 0.25) is 11.0 Å². The molecule has 1 aliphatic rings.